The fourth-order valence-corrected chi connectivity index (χ4v) is 1.54. The van der Waals surface area contributed by atoms with Crippen molar-refractivity contribution in [2.75, 3.05) is 0 Å². The zero-order valence-electron chi connectivity index (χ0n) is 9.22. The third-order valence-corrected chi connectivity index (χ3v) is 2.71. The number of nitrogens with two attached hydrogens (primary N) is 1. The standard InChI is InChI=1S/C11H12ClN3O2/c1-2-9(13)11-15-14-10(17-11)7-5-6(16)3-4-8(7)12/h3-5,9,16H,2,13H2,1H3. The molecule has 1 aromatic carbocycles. The Morgan fingerprint density at radius 1 is 1.47 bits per heavy atom. The molecule has 1 unspecified atom stereocenters. The highest BCUT2D eigenvalue weighted by Gasteiger charge is 2.16. The molecule has 0 aliphatic heterocycles. The van der Waals surface area contributed by atoms with Crippen LogP contribution in [0.25, 0.3) is 11.5 Å². The molecule has 0 radical (unpaired) electrons. The minimum absolute atomic E-state index is 0.0870. The largest absolute Gasteiger partial charge is 0.508 e. The maximum Gasteiger partial charge on any atom is 0.249 e. The summed E-state index contributed by atoms with van der Waals surface area (Å²) in [6.07, 6.45) is 0.704. The first-order valence-electron chi connectivity index (χ1n) is 5.19. The molecule has 0 saturated carbocycles. The average Bonchev–Trinajstić information content (AvgIpc) is 2.80. The average molecular weight is 254 g/mol. The van der Waals surface area contributed by atoms with Gasteiger partial charge in [0.1, 0.15) is 5.75 Å². The summed E-state index contributed by atoms with van der Waals surface area (Å²) >= 11 is 5.98. The molecule has 0 aliphatic rings. The second-order valence-electron chi connectivity index (χ2n) is 3.62. The predicted octanol–water partition coefficient (Wildman–Crippen LogP) is 2.51. The number of aromatic nitrogens is 2. The van der Waals surface area contributed by atoms with Gasteiger partial charge in [-0.2, -0.15) is 0 Å². The van der Waals surface area contributed by atoms with Crippen LogP contribution in [0.15, 0.2) is 22.6 Å². The van der Waals surface area contributed by atoms with Gasteiger partial charge in [0, 0.05) is 0 Å². The third-order valence-electron chi connectivity index (χ3n) is 2.38. The van der Waals surface area contributed by atoms with Crippen LogP contribution in [0.5, 0.6) is 5.75 Å². The van der Waals surface area contributed by atoms with Crippen molar-refractivity contribution in [1.82, 2.24) is 10.2 Å². The maximum absolute atomic E-state index is 9.39. The molecular formula is C11H12ClN3O2. The van der Waals surface area contributed by atoms with E-state index in [1.807, 2.05) is 6.92 Å². The van der Waals surface area contributed by atoms with Gasteiger partial charge in [0.05, 0.1) is 16.6 Å². The lowest BCUT2D eigenvalue weighted by Gasteiger charge is -2.01. The highest BCUT2D eigenvalue weighted by molar-refractivity contribution is 6.33. The summed E-state index contributed by atoms with van der Waals surface area (Å²) in [6.45, 7) is 1.93. The second-order valence-corrected chi connectivity index (χ2v) is 4.03. The maximum atomic E-state index is 9.39. The van der Waals surface area contributed by atoms with E-state index < -0.39 is 0 Å². The van der Waals surface area contributed by atoms with Gasteiger partial charge in [0.15, 0.2) is 0 Å². The Morgan fingerprint density at radius 2 is 2.24 bits per heavy atom. The molecule has 0 bridgehead atoms. The predicted molar refractivity (Wildman–Crippen MR) is 63.6 cm³/mol. The fraction of sp³-hybridized carbons (Fsp3) is 0.273. The Balaban J connectivity index is 2.40. The summed E-state index contributed by atoms with van der Waals surface area (Å²) in [5.41, 5.74) is 6.27. The molecule has 90 valence electrons. The van der Waals surface area contributed by atoms with E-state index in [0.717, 1.165) is 0 Å². The van der Waals surface area contributed by atoms with Crippen LogP contribution < -0.4 is 5.73 Å². The van der Waals surface area contributed by atoms with Gasteiger partial charge in [0.2, 0.25) is 11.8 Å². The van der Waals surface area contributed by atoms with Crippen molar-refractivity contribution >= 4 is 11.6 Å². The molecule has 1 heterocycles. The normalized spacial score (nSPS) is 12.6. The van der Waals surface area contributed by atoms with Crippen LogP contribution in [0.3, 0.4) is 0 Å². The van der Waals surface area contributed by atoms with Crippen molar-refractivity contribution in [3.63, 3.8) is 0 Å². The van der Waals surface area contributed by atoms with E-state index in [9.17, 15) is 5.11 Å². The fourth-order valence-electron chi connectivity index (χ4n) is 1.35. The quantitative estimate of drug-likeness (QED) is 0.878. The third kappa shape index (κ3) is 2.40. The molecular weight excluding hydrogens is 242 g/mol. The van der Waals surface area contributed by atoms with E-state index in [1.165, 1.54) is 12.1 Å². The van der Waals surface area contributed by atoms with Crippen LogP contribution >= 0.6 is 11.6 Å². The first-order valence-corrected chi connectivity index (χ1v) is 5.57. The number of hydrogen-bond acceptors (Lipinski definition) is 5. The molecule has 3 N–H and O–H groups in total. The molecule has 1 atom stereocenters. The summed E-state index contributed by atoms with van der Waals surface area (Å²) in [5.74, 6) is 0.704. The Hall–Kier alpha value is -1.59. The van der Waals surface area contributed by atoms with E-state index in [0.29, 0.717) is 22.9 Å². The van der Waals surface area contributed by atoms with Gasteiger partial charge in [-0.3, -0.25) is 0 Å². The second kappa shape index (κ2) is 4.73. The van der Waals surface area contributed by atoms with E-state index in [1.54, 1.807) is 6.07 Å². The van der Waals surface area contributed by atoms with Crippen molar-refractivity contribution in [3.05, 3.63) is 29.1 Å². The topological polar surface area (TPSA) is 85.2 Å². The summed E-state index contributed by atoms with van der Waals surface area (Å²) in [5, 5.41) is 17.5. The number of phenols is 1. The molecule has 0 fully saturated rings. The lowest BCUT2D eigenvalue weighted by atomic mass is 10.2. The Morgan fingerprint density at radius 3 is 2.94 bits per heavy atom. The van der Waals surface area contributed by atoms with Gasteiger partial charge in [-0.1, -0.05) is 18.5 Å². The molecule has 6 heteroatoms. The van der Waals surface area contributed by atoms with Gasteiger partial charge in [-0.25, -0.2) is 0 Å². The summed E-state index contributed by atoms with van der Waals surface area (Å²) < 4.78 is 5.42. The number of aromatic hydroxyl groups is 1. The zero-order chi connectivity index (χ0) is 12.4. The molecule has 0 aliphatic carbocycles. The van der Waals surface area contributed by atoms with E-state index in [-0.39, 0.29) is 17.7 Å². The highest BCUT2D eigenvalue weighted by atomic mass is 35.5. The van der Waals surface area contributed by atoms with Crippen molar-refractivity contribution in [3.8, 4) is 17.2 Å². The first-order chi connectivity index (χ1) is 8.11. The Kier molecular flexibility index (Phi) is 3.31. The molecule has 17 heavy (non-hydrogen) atoms. The van der Waals surface area contributed by atoms with Crippen molar-refractivity contribution in [1.29, 1.82) is 0 Å². The van der Waals surface area contributed by atoms with Crippen LogP contribution in [-0.2, 0) is 0 Å². The molecule has 0 spiro atoms. The van der Waals surface area contributed by atoms with E-state index in [2.05, 4.69) is 10.2 Å². The lowest BCUT2D eigenvalue weighted by molar-refractivity contribution is 0.451. The van der Waals surface area contributed by atoms with Crippen LogP contribution in [0, 0.1) is 0 Å². The Bertz CT molecular complexity index is 527. The Labute approximate surface area is 103 Å². The summed E-state index contributed by atoms with van der Waals surface area (Å²) in [4.78, 5) is 0. The molecule has 0 amide bonds. The SMILES string of the molecule is CCC(N)c1nnc(-c2cc(O)ccc2Cl)o1. The van der Waals surface area contributed by atoms with Crippen molar-refractivity contribution in [2.24, 2.45) is 5.73 Å². The van der Waals surface area contributed by atoms with E-state index in [4.69, 9.17) is 21.8 Å². The minimum Gasteiger partial charge on any atom is -0.508 e. The van der Waals surface area contributed by atoms with E-state index >= 15 is 0 Å². The van der Waals surface area contributed by atoms with Gasteiger partial charge in [-0.15, -0.1) is 10.2 Å². The van der Waals surface area contributed by atoms with Gasteiger partial charge < -0.3 is 15.3 Å². The number of benzene rings is 1. The molecule has 0 saturated heterocycles. The number of phenolic OH excluding ortho intramolecular Hbond substituents is 1. The number of nitrogens with zero attached hydrogens (tertiary/aromatic N) is 2. The first kappa shape index (κ1) is 11.9. The molecule has 5 nitrogen and oxygen atoms in total. The molecule has 2 rings (SSSR count). The van der Waals surface area contributed by atoms with Crippen LogP contribution in [0.4, 0.5) is 0 Å². The van der Waals surface area contributed by atoms with Crippen LogP contribution in [0.2, 0.25) is 5.02 Å². The smallest absolute Gasteiger partial charge is 0.249 e. The van der Waals surface area contributed by atoms with Gasteiger partial charge >= 0.3 is 0 Å². The monoisotopic (exact) mass is 253 g/mol. The number of rotatable bonds is 3. The summed E-state index contributed by atoms with van der Waals surface area (Å²) in [7, 11) is 0. The van der Waals surface area contributed by atoms with Gasteiger partial charge in [0.25, 0.3) is 0 Å². The van der Waals surface area contributed by atoms with Gasteiger partial charge in [-0.05, 0) is 24.6 Å². The van der Waals surface area contributed by atoms with Crippen molar-refractivity contribution < 1.29 is 9.52 Å². The highest BCUT2D eigenvalue weighted by Crippen LogP contribution is 2.30. The van der Waals surface area contributed by atoms with Crippen LogP contribution in [0.1, 0.15) is 25.3 Å². The minimum atomic E-state index is -0.285. The number of hydrogen-bond donors (Lipinski definition) is 2. The molecule has 2 aromatic rings. The zero-order valence-corrected chi connectivity index (χ0v) is 9.98. The molecule has 1 aromatic heterocycles. The lowest BCUT2D eigenvalue weighted by Crippen LogP contribution is -2.08. The summed E-state index contributed by atoms with van der Waals surface area (Å²) in [6, 6.07) is 4.24. The number of halogens is 1. The van der Waals surface area contributed by atoms with Crippen LogP contribution in [-0.4, -0.2) is 15.3 Å². The van der Waals surface area contributed by atoms with Crippen molar-refractivity contribution in [2.45, 2.75) is 19.4 Å².